The van der Waals surface area contributed by atoms with Gasteiger partial charge in [-0.05, 0) is 53.4 Å². The van der Waals surface area contributed by atoms with Crippen molar-refractivity contribution in [1.82, 2.24) is 10.9 Å². The Morgan fingerprint density at radius 1 is 0.758 bits per heavy atom. The maximum absolute atomic E-state index is 12.2. The summed E-state index contributed by atoms with van der Waals surface area (Å²) in [5.74, 6) is -0.240. The maximum atomic E-state index is 12.2. The van der Waals surface area contributed by atoms with Gasteiger partial charge in [-0.25, -0.2) is 0 Å². The van der Waals surface area contributed by atoms with Crippen molar-refractivity contribution in [2.75, 3.05) is 11.9 Å². The molecule has 170 valence electrons. The van der Waals surface area contributed by atoms with Crippen LogP contribution in [-0.4, -0.2) is 24.3 Å². The van der Waals surface area contributed by atoms with E-state index < -0.39 is 11.8 Å². The van der Waals surface area contributed by atoms with Gasteiger partial charge in [0.1, 0.15) is 5.75 Å². The number of hydrogen-bond donors (Lipinski definition) is 3. The molecule has 0 saturated heterocycles. The van der Waals surface area contributed by atoms with E-state index in [-0.39, 0.29) is 18.4 Å². The van der Waals surface area contributed by atoms with Crippen molar-refractivity contribution in [2.24, 2.45) is 5.92 Å². The quantitative estimate of drug-likeness (QED) is 0.453. The molecule has 7 nitrogen and oxygen atoms in total. The van der Waals surface area contributed by atoms with Crippen LogP contribution in [0.15, 0.2) is 78.9 Å². The number of benzene rings is 3. The highest BCUT2D eigenvalue weighted by molar-refractivity contribution is 5.96. The molecule has 0 saturated carbocycles. The number of rotatable bonds is 8. The second kappa shape index (κ2) is 11.5. The average molecular weight is 446 g/mol. The number of carbonyl (C=O) groups is 3. The molecule has 3 aromatic rings. The third kappa shape index (κ3) is 7.50. The van der Waals surface area contributed by atoms with Crippen molar-refractivity contribution < 1.29 is 19.1 Å². The molecule has 3 amide bonds. The molecule has 0 aliphatic carbocycles. The summed E-state index contributed by atoms with van der Waals surface area (Å²) in [7, 11) is 0. The van der Waals surface area contributed by atoms with Gasteiger partial charge in [-0.2, -0.15) is 0 Å². The Labute approximate surface area is 193 Å². The zero-order chi connectivity index (χ0) is 23.6. The van der Waals surface area contributed by atoms with Crippen molar-refractivity contribution in [3.8, 4) is 16.9 Å². The lowest BCUT2D eigenvalue weighted by Gasteiger charge is -2.10. The topological polar surface area (TPSA) is 96.5 Å². The van der Waals surface area contributed by atoms with Crippen LogP contribution in [-0.2, 0) is 9.59 Å². The molecular weight excluding hydrogens is 418 g/mol. The molecule has 0 radical (unpaired) electrons. The first kappa shape index (κ1) is 23.5. The van der Waals surface area contributed by atoms with Crippen LogP contribution in [0.25, 0.3) is 11.1 Å². The largest absolute Gasteiger partial charge is 0.484 e. The van der Waals surface area contributed by atoms with Crippen molar-refractivity contribution in [1.29, 1.82) is 0 Å². The van der Waals surface area contributed by atoms with Crippen LogP contribution in [0.3, 0.4) is 0 Å². The summed E-state index contributed by atoms with van der Waals surface area (Å²) in [4.78, 5) is 36.0. The van der Waals surface area contributed by atoms with Crippen LogP contribution >= 0.6 is 0 Å². The minimum Gasteiger partial charge on any atom is -0.484 e. The van der Waals surface area contributed by atoms with E-state index in [1.165, 1.54) is 0 Å². The zero-order valence-corrected chi connectivity index (χ0v) is 18.6. The fourth-order valence-electron chi connectivity index (χ4n) is 3.05. The Balaban J connectivity index is 1.42. The van der Waals surface area contributed by atoms with E-state index in [4.69, 9.17) is 4.74 Å². The first-order valence-electron chi connectivity index (χ1n) is 10.7. The number of nitrogens with one attached hydrogen (secondary N) is 3. The summed E-state index contributed by atoms with van der Waals surface area (Å²) in [6, 6.07) is 23.7. The standard InChI is InChI=1S/C26H27N3O4/c1-18(2)16-24(30)27-22-12-8-21(9-13-22)26(32)29-28-25(31)17-33-23-14-10-20(11-15-23)19-6-4-3-5-7-19/h3-15,18H,16-17H2,1-2H3,(H,27,30)(H,28,31)(H,29,32). The summed E-state index contributed by atoms with van der Waals surface area (Å²) in [6.07, 6.45) is 0.424. The Morgan fingerprint density at radius 3 is 2.03 bits per heavy atom. The van der Waals surface area contributed by atoms with Gasteiger partial charge in [-0.1, -0.05) is 56.3 Å². The van der Waals surface area contributed by atoms with Crippen LogP contribution in [0.5, 0.6) is 5.75 Å². The van der Waals surface area contributed by atoms with E-state index in [0.717, 1.165) is 11.1 Å². The summed E-state index contributed by atoms with van der Waals surface area (Å²) in [5, 5.41) is 2.78. The lowest BCUT2D eigenvalue weighted by atomic mass is 10.1. The van der Waals surface area contributed by atoms with Crippen LogP contribution in [0.4, 0.5) is 5.69 Å². The van der Waals surface area contributed by atoms with Gasteiger partial charge in [-0.3, -0.25) is 25.2 Å². The lowest BCUT2D eigenvalue weighted by Crippen LogP contribution is -2.43. The van der Waals surface area contributed by atoms with Crippen LogP contribution in [0, 0.1) is 5.92 Å². The fourth-order valence-corrected chi connectivity index (χ4v) is 3.05. The van der Waals surface area contributed by atoms with Gasteiger partial charge in [0.25, 0.3) is 11.8 Å². The summed E-state index contributed by atoms with van der Waals surface area (Å²) >= 11 is 0. The maximum Gasteiger partial charge on any atom is 0.276 e. The van der Waals surface area contributed by atoms with E-state index in [0.29, 0.717) is 23.4 Å². The number of hydrogen-bond acceptors (Lipinski definition) is 4. The summed E-state index contributed by atoms with van der Waals surface area (Å²) < 4.78 is 5.47. The Kier molecular flexibility index (Phi) is 8.18. The van der Waals surface area contributed by atoms with E-state index in [1.54, 1.807) is 36.4 Å². The molecule has 7 heteroatoms. The van der Waals surface area contributed by atoms with Gasteiger partial charge >= 0.3 is 0 Å². The van der Waals surface area contributed by atoms with Gasteiger partial charge in [-0.15, -0.1) is 0 Å². The molecule has 3 rings (SSSR count). The molecular formula is C26H27N3O4. The molecule has 3 aromatic carbocycles. The van der Waals surface area contributed by atoms with Gasteiger partial charge < -0.3 is 10.1 Å². The molecule has 33 heavy (non-hydrogen) atoms. The first-order chi connectivity index (χ1) is 15.9. The van der Waals surface area contributed by atoms with Crippen LogP contribution < -0.4 is 20.9 Å². The van der Waals surface area contributed by atoms with Crippen molar-refractivity contribution in [3.63, 3.8) is 0 Å². The monoisotopic (exact) mass is 445 g/mol. The van der Waals surface area contributed by atoms with Crippen LogP contribution in [0.1, 0.15) is 30.6 Å². The second-order valence-electron chi connectivity index (χ2n) is 7.90. The third-order valence-corrected chi connectivity index (χ3v) is 4.67. The van der Waals surface area contributed by atoms with Crippen molar-refractivity contribution in [3.05, 3.63) is 84.4 Å². The Hall–Kier alpha value is -4.13. The predicted octanol–water partition coefficient (Wildman–Crippen LogP) is 4.18. The summed E-state index contributed by atoms with van der Waals surface area (Å²) in [5.41, 5.74) is 7.76. The minimum atomic E-state index is -0.493. The van der Waals surface area contributed by atoms with Gasteiger partial charge in [0.05, 0.1) is 0 Å². The highest BCUT2D eigenvalue weighted by Crippen LogP contribution is 2.22. The molecule has 0 bridgehead atoms. The summed E-state index contributed by atoms with van der Waals surface area (Å²) in [6.45, 7) is 3.69. The molecule has 0 unspecified atom stereocenters. The molecule has 0 aliphatic heterocycles. The highest BCUT2D eigenvalue weighted by atomic mass is 16.5. The number of amides is 3. The SMILES string of the molecule is CC(C)CC(=O)Nc1ccc(C(=O)NNC(=O)COc2ccc(-c3ccccc3)cc2)cc1. The van der Waals surface area contributed by atoms with Crippen LogP contribution in [0.2, 0.25) is 0 Å². The molecule has 0 aliphatic rings. The molecule has 3 N–H and O–H groups in total. The van der Waals surface area contributed by atoms with Crippen molar-refractivity contribution >= 4 is 23.4 Å². The number of anilines is 1. The van der Waals surface area contributed by atoms with E-state index in [1.807, 2.05) is 56.3 Å². The third-order valence-electron chi connectivity index (χ3n) is 4.67. The van der Waals surface area contributed by atoms with Gasteiger partial charge in [0.2, 0.25) is 5.91 Å². The van der Waals surface area contributed by atoms with Crippen molar-refractivity contribution in [2.45, 2.75) is 20.3 Å². The molecule has 0 heterocycles. The second-order valence-corrected chi connectivity index (χ2v) is 7.90. The molecule has 0 aromatic heterocycles. The van der Waals surface area contributed by atoms with Gasteiger partial charge in [0.15, 0.2) is 6.61 Å². The normalized spacial score (nSPS) is 10.4. The Bertz CT molecular complexity index is 1080. The molecule has 0 spiro atoms. The molecule has 0 atom stereocenters. The van der Waals surface area contributed by atoms with E-state index >= 15 is 0 Å². The fraction of sp³-hybridized carbons (Fsp3) is 0.192. The molecule has 0 fully saturated rings. The Morgan fingerprint density at radius 2 is 1.39 bits per heavy atom. The predicted molar refractivity (Wildman–Crippen MR) is 128 cm³/mol. The highest BCUT2D eigenvalue weighted by Gasteiger charge is 2.10. The lowest BCUT2D eigenvalue weighted by molar-refractivity contribution is -0.123. The number of ether oxygens (including phenoxy) is 1. The van der Waals surface area contributed by atoms with E-state index in [2.05, 4.69) is 16.2 Å². The first-order valence-corrected chi connectivity index (χ1v) is 10.7. The van der Waals surface area contributed by atoms with Gasteiger partial charge in [0, 0.05) is 17.7 Å². The minimum absolute atomic E-state index is 0.0795. The zero-order valence-electron chi connectivity index (χ0n) is 18.6. The average Bonchev–Trinajstić information content (AvgIpc) is 2.82. The van der Waals surface area contributed by atoms with E-state index in [9.17, 15) is 14.4 Å². The smallest absolute Gasteiger partial charge is 0.276 e. The number of carbonyl (C=O) groups excluding carboxylic acids is 3. The number of hydrazine groups is 1.